The van der Waals surface area contributed by atoms with Gasteiger partial charge in [-0.15, -0.1) is 23.1 Å². The Hall–Kier alpha value is -8.35. The number of hydrogen-bond donors (Lipinski definition) is 0. The van der Waals surface area contributed by atoms with Crippen LogP contribution in [0.3, 0.4) is 0 Å². The van der Waals surface area contributed by atoms with Gasteiger partial charge in [0.2, 0.25) is 0 Å². The molecule has 0 fully saturated rings. The number of thioether (sulfide) groups is 1. The number of nitrogens with zero attached hydrogens (tertiary/aromatic N) is 2. The van der Waals surface area contributed by atoms with Crippen LogP contribution in [0.2, 0.25) is 0 Å². The molecule has 2 aliphatic heterocycles. The zero-order chi connectivity index (χ0) is 50.1. The summed E-state index contributed by atoms with van der Waals surface area (Å²) >= 11 is 3.85. The Morgan fingerprint density at radius 1 is 0.500 bits per heavy atom. The number of para-hydroxylation sites is 3. The molecule has 3 nitrogen and oxygen atoms in total. The Bertz CT molecular complexity index is 3900. The van der Waals surface area contributed by atoms with Crippen molar-refractivity contribution in [1.82, 2.24) is 4.57 Å². The maximum Gasteiger partial charge on any atom is 0.160 e. The van der Waals surface area contributed by atoms with Crippen molar-refractivity contribution >= 4 is 82.9 Å². The van der Waals surface area contributed by atoms with E-state index < -0.39 is 0 Å². The topological polar surface area (TPSA) is 17.4 Å². The van der Waals surface area contributed by atoms with Crippen molar-refractivity contribution in [2.45, 2.75) is 36.8 Å². The zero-order valence-corrected chi connectivity index (χ0v) is 43.3. The van der Waals surface area contributed by atoms with Crippen LogP contribution in [-0.2, 0) is 0 Å². The van der Waals surface area contributed by atoms with Crippen molar-refractivity contribution in [3.63, 3.8) is 0 Å². The Kier molecular flexibility index (Phi) is 12.8. The Morgan fingerprint density at radius 2 is 1.05 bits per heavy atom. The quantitative estimate of drug-likeness (QED) is 0.165. The molecule has 0 spiro atoms. The molecule has 0 amide bonds. The molecular formula is C69H54N2OS2. The number of ether oxygens (including phenoxy) is 1. The minimum Gasteiger partial charge on any atom is -0.453 e. The number of anilines is 3. The Balaban J connectivity index is 0.000000318. The van der Waals surface area contributed by atoms with E-state index in [4.69, 9.17) is 4.74 Å². The average Bonchev–Trinajstić information content (AvgIpc) is 4.13. The third-order valence-corrected chi connectivity index (χ3v) is 16.6. The van der Waals surface area contributed by atoms with Gasteiger partial charge in [-0.3, -0.25) is 0 Å². The number of aromatic nitrogens is 1. The second-order valence-electron chi connectivity index (χ2n) is 18.5. The highest BCUT2D eigenvalue weighted by molar-refractivity contribution is 8.00. The van der Waals surface area contributed by atoms with Crippen molar-refractivity contribution in [2.75, 3.05) is 4.90 Å². The number of benzene rings is 9. The Labute approximate surface area is 442 Å². The standard InChI is InChI=1S/C55H40N2OS.C12H8S.C2H6/c1-36-22-29-41(30-23-36)56(43-33-27-39(28-34-43)46-18-11-19-48-47-14-7-9-21-52(47)59-55(46)48)42-31-25-38(26-32-42)45-17-10-16-44-37(2)24-35-51-54(58-53(44)45)49-15-6-8-20-50(49)57(51)40-12-4-3-5-13-40;1-3-7-11-9(5-1)10-6-2-4-8-12(10)13-11;1-2/h3-35,47,52H,2H2,1H3;1-8H;1-2H3/b35-24-;;. The van der Waals surface area contributed by atoms with Gasteiger partial charge in [-0.05, 0) is 114 Å². The number of thiophene rings is 1. The molecule has 358 valence electrons. The molecule has 2 aromatic heterocycles. The van der Waals surface area contributed by atoms with Crippen LogP contribution in [0.15, 0.2) is 254 Å². The van der Waals surface area contributed by atoms with E-state index in [0.29, 0.717) is 11.2 Å². The molecule has 9 aromatic carbocycles. The first-order valence-corrected chi connectivity index (χ1v) is 27.2. The fourth-order valence-electron chi connectivity index (χ4n) is 10.5. The van der Waals surface area contributed by atoms with E-state index in [1.807, 2.05) is 43.0 Å². The molecule has 4 heterocycles. The highest BCUT2D eigenvalue weighted by Crippen LogP contribution is 2.52. The Morgan fingerprint density at radius 3 is 1.74 bits per heavy atom. The molecule has 11 aromatic rings. The van der Waals surface area contributed by atoms with E-state index in [9.17, 15) is 0 Å². The number of rotatable bonds is 6. The predicted molar refractivity (Wildman–Crippen MR) is 319 cm³/mol. The lowest BCUT2D eigenvalue weighted by Gasteiger charge is -2.26. The summed E-state index contributed by atoms with van der Waals surface area (Å²) in [6, 6.07) is 75.9. The molecule has 3 aliphatic rings. The SMILES string of the molecule is C=C1/C=C\c2c(c3ccccc3n2-c2ccccc2)Oc2c1cccc2-c1ccc(N(c2ccc(C)cc2)c2ccc(-c3cccc4c3SC3C=CC=CC43)cc2)cc1.CC.c1ccc2c(c1)sc1ccccc12. The van der Waals surface area contributed by atoms with Crippen molar-refractivity contribution < 1.29 is 4.74 Å². The molecule has 5 heteroatoms. The molecule has 0 saturated carbocycles. The molecule has 0 radical (unpaired) electrons. The smallest absolute Gasteiger partial charge is 0.160 e. The molecule has 74 heavy (non-hydrogen) atoms. The van der Waals surface area contributed by atoms with Gasteiger partial charge in [0, 0.05) is 75.5 Å². The third kappa shape index (κ3) is 8.58. The van der Waals surface area contributed by atoms with Crippen LogP contribution in [0.25, 0.3) is 70.7 Å². The van der Waals surface area contributed by atoms with Crippen LogP contribution in [0.4, 0.5) is 17.1 Å². The lowest BCUT2D eigenvalue weighted by Crippen LogP contribution is -2.09. The van der Waals surface area contributed by atoms with E-state index in [2.05, 4.69) is 266 Å². The fourth-order valence-corrected chi connectivity index (χ4v) is 13.1. The first kappa shape index (κ1) is 46.7. The average molecular weight is 991 g/mol. The normalized spacial score (nSPS) is 15.3. The summed E-state index contributed by atoms with van der Waals surface area (Å²) in [6.07, 6.45) is 13.3. The summed E-state index contributed by atoms with van der Waals surface area (Å²) in [5.74, 6) is 2.07. The van der Waals surface area contributed by atoms with Gasteiger partial charge in [-0.25, -0.2) is 0 Å². The summed E-state index contributed by atoms with van der Waals surface area (Å²) < 4.78 is 12.2. The van der Waals surface area contributed by atoms with Gasteiger partial charge in [0.05, 0.1) is 11.2 Å². The molecule has 14 rings (SSSR count). The van der Waals surface area contributed by atoms with Gasteiger partial charge in [-0.2, -0.15) is 0 Å². The third-order valence-electron chi connectivity index (χ3n) is 14.1. The number of aryl methyl sites for hydroxylation is 1. The summed E-state index contributed by atoms with van der Waals surface area (Å²) in [4.78, 5) is 3.73. The van der Waals surface area contributed by atoms with Gasteiger partial charge in [0.25, 0.3) is 0 Å². The maximum absolute atomic E-state index is 7.13. The highest BCUT2D eigenvalue weighted by atomic mass is 32.2. The fraction of sp³-hybridized carbons (Fsp3) is 0.0725. The van der Waals surface area contributed by atoms with E-state index >= 15 is 0 Å². The molecule has 0 N–H and O–H groups in total. The van der Waals surface area contributed by atoms with Crippen molar-refractivity contribution in [1.29, 1.82) is 0 Å². The largest absolute Gasteiger partial charge is 0.453 e. The summed E-state index contributed by atoms with van der Waals surface area (Å²) in [5.41, 5.74) is 15.6. The first-order chi connectivity index (χ1) is 36.5. The van der Waals surface area contributed by atoms with Gasteiger partial charge in [-0.1, -0.05) is 196 Å². The zero-order valence-electron chi connectivity index (χ0n) is 41.7. The maximum atomic E-state index is 7.13. The lowest BCUT2D eigenvalue weighted by atomic mass is 9.90. The van der Waals surface area contributed by atoms with Crippen molar-refractivity contribution in [2.24, 2.45) is 0 Å². The minimum absolute atomic E-state index is 0.441. The van der Waals surface area contributed by atoms with Crippen LogP contribution in [-0.4, -0.2) is 9.82 Å². The molecule has 1 aliphatic carbocycles. The molecule has 0 bridgehead atoms. The predicted octanol–water partition coefficient (Wildman–Crippen LogP) is 20.3. The summed E-state index contributed by atoms with van der Waals surface area (Å²) in [7, 11) is 0. The van der Waals surface area contributed by atoms with Crippen LogP contribution in [0, 0.1) is 6.92 Å². The van der Waals surface area contributed by atoms with Gasteiger partial charge in [0.1, 0.15) is 5.75 Å². The molecule has 2 unspecified atom stereocenters. The summed E-state index contributed by atoms with van der Waals surface area (Å²) in [5, 5.41) is 4.28. The summed E-state index contributed by atoms with van der Waals surface area (Å²) in [6.45, 7) is 10.6. The monoisotopic (exact) mass is 990 g/mol. The van der Waals surface area contributed by atoms with E-state index in [-0.39, 0.29) is 0 Å². The number of hydrogen-bond acceptors (Lipinski definition) is 4. The van der Waals surface area contributed by atoms with E-state index in [1.165, 1.54) is 47.3 Å². The van der Waals surface area contributed by atoms with Crippen LogP contribution >= 0.6 is 23.1 Å². The number of fused-ring (bicyclic) bond motifs is 10. The van der Waals surface area contributed by atoms with Crippen molar-refractivity contribution in [3.8, 4) is 39.4 Å². The van der Waals surface area contributed by atoms with Gasteiger partial charge in [0.15, 0.2) is 5.75 Å². The van der Waals surface area contributed by atoms with Crippen LogP contribution in [0.1, 0.15) is 42.1 Å². The molecule has 2 atom stereocenters. The minimum atomic E-state index is 0.441. The lowest BCUT2D eigenvalue weighted by molar-refractivity contribution is 0.486. The van der Waals surface area contributed by atoms with Gasteiger partial charge >= 0.3 is 0 Å². The van der Waals surface area contributed by atoms with Crippen LogP contribution < -0.4 is 9.64 Å². The second kappa shape index (κ2) is 20.3. The first-order valence-electron chi connectivity index (χ1n) is 25.5. The van der Waals surface area contributed by atoms with E-state index in [1.54, 1.807) is 0 Å². The highest BCUT2D eigenvalue weighted by Gasteiger charge is 2.33. The second-order valence-corrected chi connectivity index (χ2v) is 20.8. The van der Waals surface area contributed by atoms with Crippen molar-refractivity contribution in [3.05, 3.63) is 272 Å². The van der Waals surface area contributed by atoms with Gasteiger partial charge < -0.3 is 14.2 Å². The molecular weight excluding hydrogens is 937 g/mol. The van der Waals surface area contributed by atoms with E-state index in [0.717, 1.165) is 73.1 Å². The number of allylic oxidation sites excluding steroid dienone is 5. The van der Waals surface area contributed by atoms with Crippen LogP contribution in [0.5, 0.6) is 11.5 Å². The molecule has 0 saturated heterocycles.